The lowest BCUT2D eigenvalue weighted by atomic mass is 10.0. The normalized spacial score (nSPS) is 12.1. The smallest absolute Gasteiger partial charge is 0.306 e. The van der Waals surface area contributed by atoms with Crippen molar-refractivity contribution in [3.05, 3.63) is 24.3 Å². The zero-order chi connectivity index (χ0) is 45.8. The topological polar surface area (TPSA) is 78.9 Å². The van der Waals surface area contributed by atoms with Crippen LogP contribution in [0.5, 0.6) is 0 Å². The predicted octanol–water partition coefficient (Wildman–Crippen LogP) is 18.3. The second-order valence-corrected chi connectivity index (χ2v) is 18.8. The summed E-state index contributed by atoms with van der Waals surface area (Å²) < 4.78 is 16.8. The number of carbonyl (C=O) groups is 3. The summed E-state index contributed by atoms with van der Waals surface area (Å²) in [6, 6.07) is 0. The lowest BCUT2D eigenvalue weighted by Gasteiger charge is -2.18. The van der Waals surface area contributed by atoms with Gasteiger partial charge in [-0.2, -0.15) is 0 Å². The fraction of sp³-hybridized carbons (Fsp3) is 0.877. The average Bonchev–Trinajstić information content (AvgIpc) is 3.28. The van der Waals surface area contributed by atoms with Crippen LogP contribution >= 0.6 is 0 Å². The van der Waals surface area contributed by atoms with E-state index in [2.05, 4.69) is 45.1 Å². The molecular formula is C57H106O6. The van der Waals surface area contributed by atoms with Crippen molar-refractivity contribution in [2.75, 3.05) is 13.2 Å². The minimum absolute atomic E-state index is 0.0721. The fourth-order valence-corrected chi connectivity index (χ4v) is 8.20. The van der Waals surface area contributed by atoms with Crippen molar-refractivity contribution in [3.63, 3.8) is 0 Å². The van der Waals surface area contributed by atoms with E-state index < -0.39 is 6.10 Å². The zero-order valence-electron chi connectivity index (χ0n) is 42.4. The van der Waals surface area contributed by atoms with Crippen LogP contribution in [0, 0.1) is 0 Å². The van der Waals surface area contributed by atoms with Gasteiger partial charge in [0.15, 0.2) is 6.10 Å². The Kier molecular flexibility index (Phi) is 50.8. The summed E-state index contributed by atoms with van der Waals surface area (Å²) in [5.41, 5.74) is 0. The number of esters is 3. The SMILES string of the molecule is CCCCCC/C=C\CCCCCCCC(=O)OC[C@H](COC(=O)CCCCCCCCC/C=C\CCCCCCCC)OC(=O)CCCCCCCCCCCCCCCCC. The Hall–Kier alpha value is -2.11. The number of ether oxygens (including phenoxy) is 3. The van der Waals surface area contributed by atoms with Crippen LogP contribution in [0.15, 0.2) is 24.3 Å². The molecule has 0 saturated heterocycles. The number of carbonyl (C=O) groups excluding carboxylic acids is 3. The van der Waals surface area contributed by atoms with Gasteiger partial charge in [0.25, 0.3) is 0 Å². The Morgan fingerprint density at radius 3 is 0.810 bits per heavy atom. The monoisotopic (exact) mass is 887 g/mol. The largest absolute Gasteiger partial charge is 0.462 e. The van der Waals surface area contributed by atoms with E-state index in [4.69, 9.17) is 14.2 Å². The van der Waals surface area contributed by atoms with Crippen LogP contribution in [0.25, 0.3) is 0 Å². The molecule has 0 unspecified atom stereocenters. The van der Waals surface area contributed by atoms with Crippen LogP contribution in [-0.4, -0.2) is 37.2 Å². The summed E-state index contributed by atoms with van der Waals surface area (Å²) in [5.74, 6) is -0.868. The molecule has 370 valence electrons. The highest BCUT2D eigenvalue weighted by molar-refractivity contribution is 5.71. The zero-order valence-corrected chi connectivity index (χ0v) is 42.4. The third kappa shape index (κ3) is 50.7. The number of rotatable bonds is 51. The van der Waals surface area contributed by atoms with E-state index in [1.54, 1.807) is 0 Å². The van der Waals surface area contributed by atoms with Crippen molar-refractivity contribution in [2.45, 2.75) is 309 Å². The van der Waals surface area contributed by atoms with Crippen LogP contribution in [0.2, 0.25) is 0 Å². The molecule has 0 N–H and O–H groups in total. The second kappa shape index (κ2) is 52.5. The van der Waals surface area contributed by atoms with E-state index >= 15 is 0 Å². The third-order valence-electron chi connectivity index (χ3n) is 12.4. The fourth-order valence-electron chi connectivity index (χ4n) is 8.20. The van der Waals surface area contributed by atoms with E-state index in [1.165, 1.54) is 199 Å². The lowest BCUT2D eigenvalue weighted by molar-refractivity contribution is -0.167. The molecule has 0 rings (SSSR count). The molecule has 0 bridgehead atoms. The van der Waals surface area contributed by atoms with Crippen LogP contribution in [0.4, 0.5) is 0 Å². The first-order valence-electron chi connectivity index (χ1n) is 27.8. The van der Waals surface area contributed by atoms with Gasteiger partial charge >= 0.3 is 17.9 Å². The maximum Gasteiger partial charge on any atom is 0.306 e. The quantitative estimate of drug-likeness (QED) is 0.0262. The first-order valence-corrected chi connectivity index (χ1v) is 27.8. The van der Waals surface area contributed by atoms with Gasteiger partial charge in [-0.05, 0) is 70.6 Å². The summed E-state index contributed by atoms with van der Waals surface area (Å²) >= 11 is 0. The number of hydrogen-bond acceptors (Lipinski definition) is 6. The van der Waals surface area contributed by atoms with Gasteiger partial charge in [-0.1, -0.05) is 238 Å². The van der Waals surface area contributed by atoms with E-state index in [0.717, 1.165) is 64.2 Å². The van der Waals surface area contributed by atoms with Gasteiger partial charge in [0.1, 0.15) is 13.2 Å². The molecule has 0 heterocycles. The molecule has 6 nitrogen and oxygen atoms in total. The highest BCUT2D eigenvalue weighted by Crippen LogP contribution is 2.16. The highest BCUT2D eigenvalue weighted by atomic mass is 16.6. The standard InChI is InChI=1S/C57H106O6/c1-4-7-10-13-16-19-22-25-27-28-30-32-35-38-41-44-47-50-56(59)62-53-54(52-61-55(58)49-46-43-40-37-34-31-24-21-18-15-12-9-6-3)63-57(60)51-48-45-42-39-36-33-29-26-23-20-17-14-11-8-5-2/h21,24-25,27,54H,4-20,22-23,26,28-53H2,1-3H3/b24-21-,27-25-/t54-/m1/s1. The summed E-state index contributed by atoms with van der Waals surface area (Å²) in [4.78, 5) is 38.1. The maximum absolute atomic E-state index is 12.8. The number of allylic oxidation sites excluding steroid dienone is 4. The van der Waals surface area contributed by atoms with E-state index in [0.29, 0.717) is 19.3 Å². The Balaban J connectivity index is 4.34. The van der Waals surface area contributed by atoms with Crippen molar-refractivity contribution < 1.29 is 28.6 Å². The summed E-state index contributed by atoms with van der Waals surface area (Å²) in [6.07, 6.45) is 60.2. The van der Waals surface area contributed by atoms with Gasteiger partial charge in [-0.3, -0.25) is 14.4 Å². The molecule has 0 saturated carbocycles. The second-order valence-electron chi connectivity index (χ2n) is 18.8. The average molecular weight is 887 g/mol. The molecule has 0 aliphatic heterocycles. The van der Waals surface area contributed by atoms with Crippen molar-refractivity contribution in [3.8, 4) is 0 Å². The van der Waals surface area contributed by atoms with Gasteiger partial charge in [0, 0.05) is 19.3 Å². The van der Waals surface area contributed by atoms with Crippen LogP contribution in [0.3, 0.4) is 0 Å². The predicted molar refractivity (Wildman–Crippen MR) is 270 cm³/mol. The van der Waals surface area contributed by atoms with Gasteiger partial charge in [0.05, 0.1) is 0 Å². The highest BCUT2D eigenvalue weighted by Gasteiger charge is 2.19. The molecular weight excluding hydrogens is 781 g/mol. The first-order chi connectivity index (χ1) is 31.0. The van der Waals surface area contributed by atoms with Crippen molar-refractivity contribution >= 4 is 17.9 Å². The van der Waals surface area contributed by atoms with Gasteiger partial charge < -0.3 is 14.2 Å². The van der Waals surface area contributed by atoms with Crippen LogP contribution in [0.1, 0.15) is 303 Å². The van der Waals surface area contributed by atoms with Crippen molar-refractivity contribution in [1.29, 1.82) is 0 Å². The Morgan fingerprint density at radius 2 is 0.524 bits per heavy atom. The van der Waals surface area contributed by atoms with Crippen molar-refractivity contribution in [2.24, 2.45) is 0 Å². The molecule has 63 heavy (non-hydrogen) atoms. The maximum atomic E-state index is 12.8. The third-order valence-corrected chi connectivity index (χ3v) is 12.4. The molecule has 0 aliphatic carbocycles. The van der Waals surface area contributed by atoms with E-state index in [-0.39, 0.29) is 31.1 Å². The minimum atomic E-state index is -0.771. The Morgan fingerprint density at radius 1 is 0.302 bits per heavy atom. The molecule has 6 heteroatoms. The molecule has 0 amide bonds. The van der Waals surface area contributed by atoms with E-state index in [9.17, 15) is 14.4 Å². The first kappa shape index (κ1) is 60.9. The molecule has 0 fully saturated rings. The summed E-state index contributed by atoms with van der Waals surface area (Å²) in [6.45, 7) is 6.65. The molecule has 0 spiro atoms. The molecule has 0 aromatic rings. The van der Waals surface area contributed by atoms with Crippen LogP contribution < -0.4 is 0 Å². The van der Waals surface area contributed by atoms with Gasteiger partial charge in [0.2, 0.25) is 0 Å². The Bertz CT molecular complexity index is 1020. The van der Waals surface area contributed by atoms with Crippen molar-refractivity contribution in [1.82, 2.24) is 0 Å². The molecule has 0 aromatic carbocycles. The number of unbranched alkanes of at least 4 members (excludes halogenated alkanes) is 36. The van der Waals surface area contributed by atoms with E-state index in [1.807, 2.05) is 0 Å². The van der Waals surface area contributed by atoms with Gasteiger partial charge in [-0.25, -0.2) is 0 Å². The van der Waals surface area contributed by atoms with Gasteiger partial charge in [-0.15, -0.1) is 0 Å². The summed E-state index contributed by atoms with van der Waals surface area (Å²) in [7, 11) is 0. The lowest BCUT2D eigenvalue weighted by Crippen LogP contribution is -2.30. The summed E-state index contributed by atoms with van der Waals surface area (Å²) in [5, 5.41) is 0. The molecule has 0 radical (unpaired) electrons. The van der Waals surface area contributed by atoms with Crippen LogP contribution in [-0.2, 0) is 28.6 Å². The molecule has 1 atom stereocenters. The minimum Gasteiger partial charge on any atom is -0.462 e. The Labute approximate surface area is 392 Å². The molecule has 0 aliphatic rings. The number of hydrogen-bond donors (Lipinski definition) is 0. The molecule has 0 aromatic heterocycles.